The maximum atomic E-state index is 12.7. The minimum atomic E-state index is -1.24. The molecule has 0 bridgehead atoms. The molecule has 2 atom stereocenters. The Labute approximate surface area is 143 Å². The normalized spacial score (nSPS) is 25.0. The molecule has 5 nitrogen and oxygen atoms in total. The van der Waals surface area contributed by atoms with Crippen LogP contribution in [0.4, 0.5) is 4.79 Å². The predicted molar refractivity (Wildman–Crippen MR) is 92.5 cm³/mol. The molecule has 1 saturated heterocycles. The highest BCUT2D eigenvalue weighted by atomic mass is 16.6. The molecule has 1 aliphatic heterocycles. The van der Waals surface area contributed by atoms with Crippen LogP contribution in [-0.2, 0) is 4.74 Å². The summed E-state index contributed by atoms with van der Waals surface area (Å²) in [5, 5.41) is 20.3. The molecular formula is C19H27NO4. The van der Waals surface area contributed by atoms with Crippen molar-refractivity contribution in [1.29, 1.82) is 0 Å². The van der Waals surface area contributed by atoms with Gasteiger partial charge in [0.2, 0.25) is 0 Å². The molecule has 1 aromatic rings. The molecule has 5 heteroatoms. The van der Waals surface area contributed by atoms with Crippen LogP contribution < -0.4 is 0 Å². The van der Waals surface area contributed by atoms with Crippen LogP contribution in [-0.4, -0.2) is 45.6 Å². The van der Waals surface area contributed by atoms with E-state index in [1.807, 2.05) is 51.1 Å². The van der Waals surface area contributed by atoms with E-state index in [0.717, 1.165) is 5.56 Å². The van der Waals surface area contributed by atoms with E-state index in [4.69, 9.17) is 9.84 Å². The Morgan fingerprint density at radius 3 is 2.62 bits per heavy atom. The van der Waals surface area contributed by atoms with Crippen LogP contribution in [0.2, 0.25) is 0 Å². The smallest absolute Gasteiger partial charge is 0.410 e. The van der Waals surface area contributed by atoms with Crippen molar-refractivity contribution in [1.82, 2.24) is 4.90 Å². The Morgan fingerprint density at radius 1 is 1.38 bits per heavy atom. The van der Waals surface area contributed by atoms with Gasteiger partial charge >= 0.3 is 6.09 Å². The van der Waals surface area contributed by atoms with Gasteiger partial charge in [-0.15, -0.1) is 0 Å². The first-order valence-electron chi connectivity index (χ1n) is 8.32. The highest BCUT2D eigenvalue weighted by Gasteiger charge is 2.45. The molecule has 0 aromatic heterocycles. The zero-order chi connectivity index (χ0) is 17.8. The van der Waals surface area contributed by atoms with Gasteiger partial charge in [0.1, 0.15) is 11.2 Å². The first kappa shape index (κ1) is 18.5. The van der Waals surface area contributed by atoms with Crippen LogP contribution in [0.5, 0.6) is 0 Å². The van der Waals surface area contributed by atoms with Crippen molar-refractivity contribution in [2.45, 2.75) is 50.9 Å². The number of benzene rings is 1. The van der Waals surface area contributed by atoms with Crippen LogP contribution in [0.15, 0.2) is 42.5 Å². The summed E-state index contributed by atoms with van der Waals surface area (Å²) in [5.41, 5.74) is -0.998. The van der Waals surface area contributed by atoms with Crippen LogP contribution in [0, 0.1) is 0 Å². The molecule has 0 spiro atoms. The average Bonchev–Trinajstić information content (AvgIpc) is 2.52. The molecule has 0 unspecified atom stereocenters. The SMILES string of the molecule is CC(C)(C)OC(=O)N1CCC[C@@](O)(C=CCO)[C@@H]1c1ccccc1. The lowest BCUT2D eigenvalue weighted by atomic mass is 9.80. The van der Waals surface area contributed by atoms with E-state index in [0.29, 0.717) is 19.4 Å². The Bertz CT molecular complexity index is 579. The second kappa shape index (κ2) is 7.36. The number of hydrogen-bond donors (Lipinski definition) is 2. The van der Waals surface area contributed by atoms with Crippen LogP contribution in [0.1, 0.15) is 45.2 Å². The molecular weight excluding hydrogens is 306 g/mol. The number of carbonyl (C=O) groups excluding carboxylic acids is 1. The number of aliphatic hydroxyl groups excluding tert-OH is 1. The fraction of sp³-hybridized carbons (Fsp3) is 0.526. The van der Waals surface area contributed by atoms with E-state index in [1.165, 1.54) is 6.08 Å². The number of amides is 1. The number of aliphatic hydroxyl groups is 2. The fourth-order valence-corrected chi connectivity index (χ4v) is 3.12. The monoisotopic (exact) mass is 333 g/mol. The van der Waals surface area contributed by atoms with E-state index < -0.39 is 23.3 Å². The Kier molecular flexibility index (Phi) is 5.67. The van der Waals surface area contributed by atoms with Crippen molar-refractivity contribution >= 4 is 6.09 Å². The largest absolute Gasteiger partial charge is 0.444 e. The summed E-state index contributed by atoms with van der Waals surface area (Å²) in [7, 11) is 0. The second-order valence-electron chi connectivity index (χ2n) is 7.17. The number of hydrogen-bond acceptors (Lipinski definition) is 4. The molecule has 2 rings (SSSR count). The zero-order valence-corrected chi connectivity index (χ0v) is 14.6. The van der Waals surface area contributed by atoms with E-state index in [9.17, 15) is 9.90 Å². The number of likely N-dealkylation sites (tertiary alicyclic amines) is 1. The highest BCUT2D eigenvalue weighted by Crippen LogP contribution is 2.41. The van der Waals surface area contributed by atoms with Gasteiger partial charge in [-0.2, -0.15) is 0 Å². The van der Waals surface area contributed by atoms with Gasteiger partial charge in [0.05, 0.1) is 12.6 Å². The fourth-order valence-electron chi connectivity index (χ4n) is 3.12. The van der Waals surface area contributed by atoms with Crippen molar-refractivity contribution in [3.05, 3.63) is 48.0 Å². The molecule has 0 radical (unpaired) electrons. The summed E-state index contributed by atoms with van der Waals surface area (Å²) >= 11 is 0. The number of nitrogens with zero attached hydrogens (tertiary/aromatic N) is 1. The molecule has 1 amide bonds. The first-order chi connectivity index (χ1) is 11.3. The Hall–Kier alpha value is -1.85. The summed E-state index contributed by atoms with van der Waals surface area (Å²) in [6.07, 6.45) is 3.86. The number of carbonyl (C=O) groups is 1. The molecule has 0 saturated carbocycles. The standard InChI is InChI=1S/C19H27NO4/c1-18(2,3)24-17(22)20-13-7-11-19(23,12-8-14-21)16(20)15-9-5-4-6-10-15/h4-6,8-10,12,16,21,23H,7,11,13-14H2,1-3H3/t16-,19+/m0/s1. The molecule has 1 aliphatic rings. The lowest BCUT2D eigenvalue weighted by Crippen LogP contribution is -2.53. The molecule has 1 fully saturated rings. The Morgan fingerprint density at radius 2 is 2.04 bits per heavy atom. The zero-order valence-electron chi connectivity index (χ0n) is 14.6. The first-order valence-corrected chi connectivity index (χ1v) is 8.32. The van der Waals surface area contributed by atoms with Crippen molar-refractivity contribution in [2.24, 2.45) is 0 Å². The third kappa shape index (κ3) is 4.36. The van der Waals surface area contributed by atoms with Crippen LogP contribution in [0.25, 0.3) is 0 Å². The van der Waals surface area contributed by atoms with Crippen molar-refractivity contribution < 1.29 is 19.7 Å². The second-order valence-corrected chi connectivity index (χ2v) is 7.17. The maximum absolute atomic E-state index is 12.7. The van der Waals surface area contributed by atoms with E-state index in [1.54, 1.807) is 11.0 Å². The van der Waals surface area contributed by atoms with E-state index >= 15 is 0 Å². The van der Waals surface area contributed by atoms with Gasteiger partial charge in [-0.05, 0) is 39.2 Å². The van der Waals surface area contributed by atoms with Gasteiger partial charge in [-0.1, -0.05) is 42.5 Å². The molecule has 2 N–H and O–H groups in total. The van der Waals surface area contributed by atoms with Crippen molar-refractivity contribution in [3.63, 3.8) is 0 Å². The topological polar surface area (TPSA) is 70.0 Å². The molecule has 1 heterocycles. The van der Waals surface area contributed by atoms with Crippen molar-refractivity contribution in [2.75, 3.05) is 13.2 Å². The average molecular weight is 333 g/mol. The number of piperidine rings is 1. The van der Waals surface area contributed by atoms with Gasteiger partial charge in [-0.3, -0.25) is 4.90 Å². The molecule has 1 aromatic carbocycles. The summed E-state index contributed by atoms with van der Waals surface area (Å²) in [5.74, 6) is 0. The van der Waals surface area contributed by atoms with Crippen LogP contribution in [0.3, 0.4) is 0 Å². The predicted octanol–water partition coefficient (Wildman–Crippen LogP) is 3.04. The van der Waals surface area contributed by atoms with Crippen LogP contribution >= 0.6 is 0 Å². The van der Waals surface area contributed by atoms with Gasteiger partial charge in [-0.25, -0.2) is 4.79 Å². The van der Waals surface area contributed by atoms with Gasteiger partial charge in [0.15, 0.2) is 0 Å². The maximum Gasteiger partial charge on any atom is 0.410 e. The summed E-state index contributed by atoms with van der Waals surface area (Å²) < 4.78 is 5.53. The van der Waals surface area contributed by atoms with Gasteiger partial charge < -0.3 is 14.9 Å². The lowest BCUT2D eigenvalue weighted by Gasteiger charge is -2.46. The minimum Gasteiger partial charge on any atom is -0.444 e. The van der Waals surface area contributed by atoms with Crippen molar-refractivity contribution in [3.8, 4) is 0 Å². The lowest BCUT2D eigenvalue weighted by molar-refractivity contribution is -0.0586. The molecule has 0 aliphatic carbocycles. The number of ether oxygens (including phenoxy) is 1. The summed E-state index contributed by atoms with van der Waals surface area (Å²) in [6.45, 7) is 5.83. The third-order valence-electron chi connectivity index (χ3n) is 4.02. The van der Waals surface area contributed by atoms with E-state index in [-0.39, 0.29) is 6.61 Å². The third-order valence-corrected chi connectivity index (χ3v) is 4.02. The highest BCUT2D eigenvalue weighted by molar-refractivity contribution is 5.69. The van der Waals surface area contributed by atoms with Gasteiger partial charge in [0.25, 0.3) is 0 Å². The minimum absolute atomic E-state index is 0.156. The molecule has 132 valence electrons. The number of rotatable bonds is 3. The summed E-state index contributed by atoms with van der Waals surface area (Å²) in [4.78, 5) is 14.3. The Balaban J connectivity index is 2.41. The van der Waals surface area contributed by atoms with E-state index in [2.05, 4.69) is 0 Å². The summed E-state index contributed by atoms with van der Waals surface area (Å²) in [6, 6.07) is 8.90. The molecule has 24 heavy (non-hydrogen) atoms. The van der Waals surface area contributed by atoms with Gasteiger partial charge in [0, 0.05) is 6.54 Å². The quantitative estimate of drug-likeness (QED) is 0.834.